The fourth-order valence-corrected chi connectivity index (χ4v) is 4.57. The van der Waals surface area contributed by atoms with Crippen LogP contribution in [0.3, 0.4) is 0 Å². The number of halogens is 1. The van der Waals surface area contributed by atoms with Crippen LogP contribution in [0.2, 0.25) is 5.02 Å². The summed E-state index contributed by atoms with van der Waals surface area (Å²) in [6.45, 7) is 2.78. The number of amides is 1. The number of benzene rings is 1. The van der Waals surface area contributed by atoms with Crippen molar-refractivity contribution in [2.24, 2.45) is 0 Å². The Morgan fingerprint density at radius 1 is 1.30 bits per heavy atom. The zero-order valence-corrected chi connectivity index (χ0v) is 19.3. The summed E-state index contributed by atoms with van der Waals surface area (Å²) in [6.07, 6.45) is 5.81. The van der Waals surface area contributed by atoms with E-state index in [0.29, 0.717) is 35.6 Å². The fraction of sp³-hybridized carbons (Fsp3) is 0.458. The summed E-state index contributed by atoms with van der Waals surface area (Å²) >= 11 is 6.55. The van der Waals surface area contributed by atoms with Gasteiger partial charge in [-0.1, -0.05) is 17.7 Å². The summed E-state index contributed by atoms with van der Waals surface area (Å²) in [5.74, 6) is 0.342. The number of fused-ring (bicyclic) bond motifs is 1. The smallest absolute Gasteiger partial charge is 0.252 e. The van der Waals surface area contributed by atoms with E-state index in [4.69, 9.17) is 21.3 Å². The molecule has 2 aliphatic rings. The molecule has 2 aliphatic carbocycles. The van der Waals surface area contributed by atoms with E-state index in [1.54, 1.807) is 6.20 Å². The zero-order valence-electron chi connectivity index (χ0n) is 18.6. The van der Waals surface area contributed by atoms with E-state index in [1.807, 2.05) is 35.8 Å². The quantitative estimate of drug-likeness (QED) is 0.461. The molecule has 0 spiro atoms. The summed E-state index contributed by atoms with van der Waals surface area (Å²) in [5, 5.41) is 17.7. The number of anilines is 1. The maximum atomic E-state index is 12.9. The molecule has 9 heteroatoms. The molecular formula is C24H28ClN5O3. The van der Waals surface area contributed by atoms with Gasteiger partial charge >= 0.3 is 0 Å². The minimum Gasteiger partial charge on any atom is -0.391 e. The van der Waals surface area contributed by atoms with Crippen molar-refractivity contribution in [2.45, 2.75) is 63.9 Å². The van der Waals surface area contributed by atoms with Crippen LogP contribution < -0.4 is 10.6 Å². The molecule has 3 N–H and O–H groups in total. The van der Waals surface area contributed by atoms with Gasteiger partial charge in [-0.3, -0.25) is 4.79 Å². The first-order valence-corrected chi connectivity index (χ1v) is 11.9. The number of aliphatic hydroxyl groups is 1. The van der Waals surface area contributed by atoms with Gasteiger partial charge in [0.25, 0.3) is 5.91 Å². The topological polar surface area (TPSA) is 101 Å². The predicted octanol–water partition coefficient (Wildman–Crippen LogP) is 3.96. The number of nitrogens with zero attached hydrogens (tertiary/aromatic N) is 3. The normalized spacial score (nSPS) is 20.3. The Labute approximate surface area is 197 Å². The van der Waals surface area contributed by atoms with Gasteiger partial charge in [0.15, 0.2) is 0 Å². The molecular weight excluding hydrogens is 442 g/mol. The largest absolute Gasteiger partial charge is 0.391 e. The molecule has 0 radical (unpaired) electrons. The Bertz CT molecular complexity index is 1180. The molecule has 0 unspecified atom stereocenters. The minimum atomic E-state index is -0.412. The van der Waals surface area contributed by atoms with Crippen LogP contribution in [-0.4, -0.2) is 50.3 Å². The molecule has 2 atom stereocenters. The molecule has 0 saturated heterocycles. The molecule has 2 saturated carbocycles. The van der Waals surface area contributed by atoms with E-state index in [0.717, 1.165) is 48.7 Å². The van der Waals surface area contributed by atoms with Crippen LogP contribution in [0.4, 0.5) is 5.95 Å². The molecule has 2 heterocycles. The van der Waals surface area contributed by atoms with Crippen LogP contribution in [0, 0.1) is 0 Å². The lowest BCUT2D eigenvalue weighted by Gasteiger charge is -2.17. The Morgan fingerprint density at radius 3 is 2.88 bits per heavy atom. The van der Waals surface area contributed by atoms with Crippen LogP contribution in [-0.2, 0) is 11.5 Å². The van der Waals surface area contributed by atoms with Gasteiger partial charge < -0.3 is 25.0 Å². The molecule has 8 nitrogen and oxygen atoms in total. The lowest BCUT2D eigenvalue weighted by molar-refractivity contribution is 0.0917. The fourth-order valence-electron chi connectivity index (χ4n) is 4.38. The molecule has 3 aromatic rings. The summed E-state index contributed by atoms with van der Waals surface area (Å²) in [4.78, 5) is 21.9. The molecule has 2 fully saturated rings. The van der Waals surface area contributed by atoms with Crippen molar-refractivity contribution >= 4 is 34.4 Å². The maximum Gasteiger partial charge on any atom is 0.252 e. The Balaban J connectivity index is 1.57. The van der Waals surface area contributed by atoms with Crippen LogP contribution in [0.15, 0.2) is 30.5 Å². The van der Waals surface area contributed by atoms with Crippen molar-refractivity contribution in [3.05, 3.63) is 41.0 Å². The number of nitrogens with one attached hydrogen (secondary N) is 2. The van der Waals surface area contributed by atoms with E-state index >= 15 is 0 Å². The van der Waals surface area contributed by atoms with Gasteiger partial charge in [0.05, 0.1) is 34.6 Å². The lowest BCUT2D eigenvalue weighted by Crippen LogP contribution is -2.28. The summed E-state index contributed by atoms with van der Waals surface area (Å²) in [5.41, 5.74) is 2.78. The van der Waals surface area contributed by atoms with Crippen LogP contribution in [0.25, 0.3) is 22.3 Å². The number of aromatic nitrogens is 3. The lowest BCUT2D eigenvalue weighted by atomic mass is 10.1. The van der Waals surface area contributed by atoms with Crippen molar-refractivity contribution in [1.29, 1.82) is 0 Å². The summed E-state index contributed by atoms with van der Waals surface area (Å²) < 4.78 is 7.72. The molecule has 2 aromatic heterocycles. The van der Waals surface area contributed by atoms with Crippen molar-refractivity contribution in [1.82, 2.24) is 19.9 Å². The summed E-state index contributed by atoms with van der Waals surface area (Å²) in [6, 6.07) is 7.82. The Morgan fingerprint density at radius 2 is 2.15 bits per heavy atom. The number of rotatable bonds is 8. The zero-order chi connectivity index (χ0) is 22.9. The number of aliphatic hydroxyl groups excluding tert-OH is 1. The first-order chi connectivity index (χ1) is 16.0. The number of hydrogen-bond acceptors (Lipinski definition) is 6. The van der Waals surface area contributed by atoms with Crippen molar-refractivity contribution in [3.63, 3.8) is 0 Å². The first-order valence-electron chi connectivity index (χ1n) is 11.5. The standard InChI is InChI=1S/C24H28ClN5O3/c1-2-33-13-30-19-7-3-5-15(23(32)27-14-9-10-14)16(19)11-20(30)22-17(25)12-26-24(29-22)28-18-6-4-8-21(18)31/h3,5,7,11-12,14,18,21,31H,2,4,6,8-10,13H2,1H3,(H,27,32)(H,26,28,29)/t18-,21+/m1/s1. The highest BCUT2D eigenvalue weighted by Crippen LogP contribution is 2.34. The van der Waals surface area contributed by atoms with Crippen LogP contribution in [0.1, 0.15) is 49.4 Å². The third-order valence-corrected chi connectivity index (χ3v) is 6.58. The minimum absolute atomic E-state index is 0.0745. The molecule has 33 heavy (non-hydrogen) atoms. The van der Waals surface area contributed by atoms with Crippen molar-refractivity contribution in [2.75, 3.05) is 11.9 Å². The molecule has 174 valence electrons. The van der Waals surface area contributed by atoms with E-state index in [-0.39, 0.29) is 18.0 Å². The van der Waals surface area contributed by atoms with Crippen LogP contribution >= 0.6 is 11.6 Å². The van der Waals surface area contributed by atoms with Gasteiger partial charge in [0.1, 0.15) is 12.4 Å². The second-order valence-corrected chi connectivity index (χ2v) is 9.11. The number of ether oxygens (including phenoxy) is 1. The van der Waals surface area contributed by atoms with Gasteiger partial charge in [-0.15, -0.1) is 0 Å². The number of carbonyl (C=O) groups excluding carboxylic acids is 1. The first kappa shape index (κ1) is 22.1. The predicted molar refractivity (Wildman–Crippen MR) is 127 cm³/mol. The molecule has 1 amide bonds. The van der Waals surface area contributed by atoms with Crippen molar-refractivity contribution < 1.29 is 14.6 Å². The van der Waals surface area contributed by atoms with Gasteiger partial charge in [-0.2, -0.15) is 0 Å². The average molecular weight is 470 g/mol. The monoisotopic (exact) mass is 469 g/mol. The Kier molecular flexibility index (Phi) is 6.23. The summed E-state index contributed by atoms with van der Waals surface area (Å²) in [7, 11) is 0. The second-order valence-electron chi connectivity index (χ2n) is 8.70. The highest BCUT2D eigenvalue weighted by Gasteiger charge is 2.27. The van der Waals surface area contributed by atoms with E-state index in [2.05, 4.69) is 15.6 Å². The van der Waals surface area contributed by atoms with Crippen LogP contribution in [0.5, 0.6) is 0 Å². The van der Waals surface area contributed by atoms with E-state index in [1.165, 1.54) is 0 Å². The molecule has 0 bridgehead atoms. The van der Waals surface area contributed by atoms with E-state index < -0.39 is 6.10 Å². The third kappa shape index (κ3) is 4.55. The third-order valence-electron chi connectivity index (χ3n) is 6.31. The maximum absolute atomic E-state index is 12.9. The van der Waals surface area contributed by atoms with Gasteiger partial charge in [-0.25, -0.2) is 9.97 Å². The Hall–Kier alpha value is -2.68. The number of hydrogen-bond donors (Lipinski definition) is 3. The SMILES string of the molecule is CCOCn1c(-c2nc(N[C@@H]3CCC[C@@H]3O)ncc2Cl)cc2c(C(=O)NC3CC3)cccc21. The average Bonchev–Trinajstić information content (AvgIpc) is 3.42. The highest BCUT2D eigenvalue weighted by atomic mass is 35.5. The van der Waals surface area contributed by atoms with Gasteiger partial charge in [0.2, 0.25) is 5.95 Å². The van der Waals surface area contributed by atoms with Gasteiger partial charge in [0, 0.05) is 23.6 Å². The van der Waals surface area contributed by atoms with Gasteiger partial charge in [-0.05, 0) is 57.2 Å². The van der Waals surface area contributed by atoms with E-state index in [9.17, 15) is 9.90 Å². The molecule has 5 rings (SSSR count). The number of carbonyl (C=O) groups is 1. The molecule has 1 aromatic carbocycles. The van der Waals surface area contributed by atoms with Crippen molar-refractivity contribution in [3.8, 4) is 11.4 Å². The molecule has 0 aliphatic heterocycles. The second kappa shape index (κ2) is 9.29. The highest BCUT2D eigenvalue weighted by molar-refractivity contribution is 6.33.